The number of benzene rings is 5. The molecule has 0 saturated heterocycles. The Labute approximate surface area is 195 Å². The number of hydrogen-bond acceptors (Lipinski definition) is 1. The number of hydrogen-bond donors (Lipinski definition) is 0. The van der Waals surface area contributed by atoms with Gasteiger partial charge in [-0.3, -0.25) is 0 Å². The summed E-state index contributed by atoms with van der Waals surface area (Å²) in [5.74, 6) is 0. The fourth-order valence-electron chi connectivity index (χ4n) is 6.33. The van der Waals surface area contributed by atoms with E-state index in [1.807, 2.05) is 18.2 Å². The summed E-state index contributed by atoms with van der Waals surface area (Å²) < 4.78 is 6.35. The summed E-state index contributed by atoms with van der Waals surface area (Å²) in [7, 11) is 0. The van der Waals surface area contributed by atoms with Crippen molar-refractivity contribution in [3.63, 3.8) is 0 Å². The fraction of sp³-hybridized carbons (Fsp3) is 0.0323. The number of fused-ring (bicyclic) bond motifs is 13. The van der Waals surface area contributed by atoms with Crippen molar-refractivity contribution >= 4 is 33.5 Å². The summed E-state index contributed by atoms with van der Waals surface area (Å²) in [5.41, 5.74) is 11.9. The predicted molar refractivity (Wildman–Crippen MR) is 135 cm³/mol. The molecule has 8 rings (SSSR count). The minimum atomic E-state index is -0.343. The van der Waals surface area contributed by atoms with Gasteiger partial charge in [0.25, 0.3) is 0 Å². The lowest BCUT2D eigenvalue weighted by Crippen LogP contribution is -2.25. The second-order valence-corrected chi connectivity index (χ2v) is 9.46. The standard InChI is InChI=1S/C31H17ClO/c32-18-13-14-29-23(15-18)24-16-22-21-9-3-6-12-27(21)31(28(22)17-30(24)33-29)25-10-4-1-7-19(25)20-8-2-5-11-26(20)31/h1-17H. The molecule has 0 fully saturated rings. The van der Waals surface area contributed by atoms with Gasteiger partial charge in [-0.2, -0.15) is 0 Å². The van der Waals surface area contributed by atoms with Crippen LogP contribution in [0.1, 0.15) is 22.3 Å². The van der Waals surface area contributed by atoms with E-state index in [4.69, 9.17) is 16.0 Å². The van der Waals surface area contributed by atoms with E-state index in [2.05, 4.69) is 84.9 Å². The average Bonchev–Trinajstić information content (AvgIpc) is 3.46. The average molecular weight is 441 g/mol. The molecular formula is C31H17ClO. The molecule has 1 spiro atoms. The minimum Gasteiger partial charge on any atom is -0.456 e. The summed E-state index contributed by atoms with van der Waals surface area (Å²) in [4.78, 5) is 0. The van der Waals surface area contributed by atoms with E-state index in [1.165, 1.54) is 44.5 Å². The molecule has 0 amide bonds. The first-order chi connectivity index (χ1) is 16.3. The van der Waals surface area contributed by atoms with Crippen molar-refractivity contribution in [1.29, 1.82) is 0 Å². The Bertz CT molecular complexity index is 1740. The fourth-order valence-corrected chi connectivity index (χ4v) is 6.51. The van der Waals surface area contributed by atoms with Gasteiger partial charge in [-0.25, -0.2) is 0 Å². The molecule has 2 aliphatic rings. The minimum absolute atomic E-state index is 0.343. The second-order valence-electron chi connectivity index (χ2n) is 9.02. The molecule has 0 bridgehead atoms. The number of halogens is 1. The molecule has 0 saturated carbocycles. The molecule has 5 aromatic carbocycles. The van der Waals surface area contributed by atoms with Crippen LogP contribution in [0.25, 0.3) is 44.2 Å². The maximum atomic E-state index is 6.35. The molecule has 2 heteroatoms. The Hall–Kier alpha value is -3.81. The Balaban J connectivity index is 1.59. The van der Waals surface area contributed by atoms with Crippen LogP contribution in [0.5, 0.6) is 0 Å². The van der Waals surface area contributed by atoms with Gasteiger partial charge in [0.15, 0.2) is 0 Å². The van der Waals surface area contributed by atoms with Crippen LogP contribution < -0.4 is 0 Å². The highest BCUT2D eigenvalue weighted by Crippen LogP contribution is 2.63. The maximum Gasteiger partial charge on any atom is 0.135 e. The van der Waals surface area contributed by atoms with Gasteiger partial charge in [0.2, 0.25) is 0 Å². The third kappa shape index (κ3) is 2.01. The highest BCUT2D eigenvalue weighted by atomic mass is 35.5. The van der Waals surface area contributed by atoms with Crippen molar-refractivity contribution in [3.8, 4) is 22.3 Å². The monoisotopic (exact) mass is 440 g/mol. The summed E-state index contributed by atoms with van der Waals surface area (Å²) in [6.45, 7) is 0. The first kappa shape index (κ1) is 17.7. The molecule has 1 heterocycles. The lowest BCUT2D eigenvalue weighted by Gasteiger charge is -2.30. The zero-order valence-corrected chi connectivity index (χ0v) is 18.4. The molecule has 0 N–H and O–H groups in total. The van der Waals surface area contributed by atoms with E-state index in [-0.39, 0.29) is 5.41 Å². The van der Waals surface area contributed by atoms with E-state index in [1.54, 1.807) is 0 Å². The van der Waals surface area contributed by atoms with Gasteiger partial charge in [0.05, 0.1) is 5.41 Å². The Morgan fingerprint density at radius 1 is 0.485 bits per heavy atom. The van der Waals surface area contributed by atoms with E-state index >= 15 is 0 Å². The SMILES string of the molecule is Clc1ccc2oc3cc4c(cc3c2c1)-c1ccccc1C41c2ccccc2-c2ccccc21. The van der Waals surface area contributed by atoms with Crippen LogP contribution in [0.15, 0.2) is 108 Å². The van der Waals surface area contributed by atoms with Crippen LogP contribution in [0, 0.1) is 0 Å². The van der Waals surface area contributed by atoms with Crippen molar-refractivity contribution in [2.75, 3.05) is 0 Å². The molecule has 2 aliphatic carbocycles. The maximum absolute atomic E-state index is 6.35. The van der Waals surface area contributed by atoms with E-state index in [0.717, 1.165) is 27.0 Å². The molecule has 0 radical (unpaired) electrons. The quantitative estimate of drug-likeness (QED) is 0.230. The van der Waals surface area contributed by atoms with E-state index < -0.39 is 0 Å². The molecule has 154 valence electrons. The van der Waals surface area contributed by atoms with Gasteiger partial charge in [-0.15, -0.1) is 0 Å². The normalized spacial score (nSPS) is 14.5. The van der Waals surface area contributed by atoms with E-state index in [0.29, 0.717) is 0 Å². The van der Waals surface area contributed by atoms with Gasteiger partial charge in [0.1, 0.15) is 11.2 Å². The van der Waals surface area contributed by atoms with Crippen LogP contribution in [-0.2, 0) is 5.41 Å². The van der Waals surface area contributed by atoms with Crippen molar-refractivity contribution < 1.29 is 4.42 Å². The predicted octanol–water partition coefficient (Wildman–Crippen LogP) is 8.58. The first-order valence-corrected chi connectivity index (χ1v) is 11.6. The third-order valence-corrected chi connectivity index (χ3v) is 7.78. The van der Waals surface area contributed by atoms with Gasteiger partial charge in [-0.1, -0.05) is 84.4 Å². The van der Waals surface area contributed by atoms with Gasteiger partial charge in [-0.05, 0) is 74.8 Å². The lowest BCUT2D eigenvalue weighted by molar-refractivity contribution is 0.666. The largest absolute Gasteiger partial charge is 0.456 e. The van der Waals surface area contributed by atoms with E-state index in [9.17, 15) is 0 Å². The topological polar surface area (TPSA) is 13.1 Å². The molecule has 1 aromatic heterocycles. The van der Waals surface area contributed by atoms with Crippen LogP contribution in [-0.4, -0.2) is 0 Å². The Kier molecular flexibility index (Phi) is 3.19. The van der Waals surface area contributed by atoms with Crippen LogP contribution in [0.3, 0.4) is 0 Å². The van der Waals surface area contributed by atoms with Crippen LogP contribution in [0.4, 0.5) is 0 Å². The third-order valence-electron chi connectivity index (χ3n) is 7.55. The number of rotatable bonds is 0. The van der Waals surface area contributed by atoms with Crippen molar-refractivity contribution in [1.82, 2.24) is 0 Å². The molecule has 0 atom stereocenters. The molecule has 33 heavy (non-hydrogen) atoms. The Morgan fingerprint density at radius 2 is 1.03 bits per heavy atom. The summed E-state index contributed by atoms with van der Waals surface area (Å²) in [6.07, 6.45) is 0. The second kappa shape index (κ2) is 5.95. The zero-order chi connectivity index (χ0) is 21.7. The molecule has 0 aliphatic heterocycles. The van der Waals surface area contributed by atoms with Crippen LogP contribution in [0.2, 0.25) is 5.02 Å². The van der Waals surface area contributed by atoms with Crippen molar-refractivity contribution in [3.05, 3.63) is 130 Å². The molecule has 1 nitrogen and oxygen atoms in total. The smallest absolute Gasteiger partial charge is 0.135 e. The zero-order valence-electron chi connectivity index (χ0n) is 17.6. The highest BCUT2D eigenvalue weighted by Gasteiger charge is 2.51. The summed E-state index contributed by atoms with van der Waals surface area (Å²) in [6, 6.07) is 37.0. The van der Waals surface area contributed by atoms with Gasteiger partial charge >= 0.3 is 0 Å². The number of furan rings is 1. The highest BCUT2D eigenvalue weighted by molar-refractivity contribution is 6.31. The van der Waals surface area contributed by atoms with Crippen LogP contribution >= 0.6 is 11.6 Å². The van der Waals surface area contributed by atoms with Crippen molar-refractivity contribution in [2.24, 2.45) is 0 Å². The molecule has 0 unspecified atom stereocenters. The summed E-state index contributed by atoms with van der Waals surface area (Å²) >= 11 is 6.34. The van der Waals surface area contributed by atoms with Crippen molar-refractivity contribution in [2.45, 2.75) is 5.41 Å². The van der Waals surface area contributed by atoms with Gasteiger partial charge in [0, 0.05) is 15.8 Å². The molecule has 6 aromatic rings. The molecular weight excluding hydrogens is 424 g/mol. The summed E-state index contributed by atoms with van der Waals surface area (Å²) in [5, 5.41) is 2.89. The lowest BCUT2D eigenvalue weighted by atomic mass is 9.70. The first-order valence-electron chi connectivity index (χ1n) is 11.2. The Morgan fingerprint density at radius 3 is 1.67 bits per heavy atom. The van der Waals surface area contributed by atoms with Gasteiger partial charge < -0.3 is 4.42 Å².